The number of nitrogens with zero attached hydrogens (tertiary/aromatic N) is 1. The number of rotatable bonds is 3. The van der Waals surface area contributed by atoms with Crippen LogP contribution in [0.2, 0.25) is 10.0 Å². The lowest BCUT2D eigenvalue weighted by molar-refractivity contribution is 0.584. The molecule has 1 aromatic heterocycles. The number of nitrogens with one attached hydrogen (secondary N) is 1. The van der Waals surface area contributed by atoms with Gasteiger partial charge in [0.1, 0.15) is 10.7 Å². The molecule has 2 aromatic rings. The minimum Gasteiger partial charge on any atom is -0.263 e. The third kappa shape index (κ3) is 3.45. The number of hydrogen-bond acceptors (Lipinski definition) is 3. The fraction of sp³-hybridized carbons (Fsp3) is 0.154. The van der Waals surface area contributed by atoms with Gasteiger partial charge in [0.2, 0.25) is 5.95 Å². The van der Waals surface area contributed by atoms with Crippen molar-refractivity contribution in [3.8, 4) is 0 Å². The first-order chi connectivity index (χ1) is 9.70. The Morgan fingerprint density at radius 1 is 1.10 bits per heavy atom. The molecule has 0 spiro atoms. The molecule has 1 N–H and O–H groups in total. The molecule has 21 heavy (non-hydrogen) atoms. The molecule has 0 radical (unpaired) electrons. The van der Waals surface area contributed by atoms with Crippen molar-refractivity contribution in [3.63, 3.8) is 0 Å². The van der Waals surface area contributed by atoms with Gasteiger partial charge < -0.3 is 0 Å². The maximum atomic E-state index is 13.1. The van der Waals surface area contributed by atoms with Gasteiger partial charge in [-0.05, 0) is 43.2 Å². The van der Waals surface area contributed by atoms with Crippen molar-refractivity contribution in [2.75, 3.05) is 4.72 Å². The third-order valence-electron chi connectivity index (χ3n) is 2.80. The minimum atomic E-state index is -3.99. The van der Waals surface area contributed by atoms with E-state index < -0.39 is 16.0 Å². The van der Waals surface area contributed by atoms with Gasteiger partial charge in [0.25, 0.3) is 10.0 Å². The average Bonchev–Trinajstić information content (AvgIpc) is 2.37. The molecule has 8 heteroatoms. The van der Waals surface area contributed by atoms with Crippen molar-refractivity contribution in [2.24, 2.45) is 0 Å². The molecular weight excluding hydrogens is 338 g/mol. The molecule has 2 rings (SSSR count). The lowest BCUT2D eigenvalue weighted by atomic mass is 10.2. The van der Waals surface area contributed by atoms with Crippen molar-refractivity contribution >= 4 is 39.0 Å². The predicted octanol–water partition coefficient (Wildman–Crippen LogP) is 3.95. The second-order valence-corrected chi connectivity index (χ2v) is 6.90. The fourth-order valence-corrected chi connectivity index (χ4v) is 3.53. The Balaban J connectivity index is 2.48. The Hall–Kier alpha value is -1.37. The monoisotopic (exact) mass is 348 g/mol. The maximum Gasteiger partial charge on any atom is 0.264 e. The largest absolute Gasteiger partial charge is 0.264 e. The van der Waals surface area contributed by atoms with Crippen molar-refractivity contribution in [1.29, 1.82) is 0 Å². The summed E-state index contributed by atoms with van der Waals surface area (Å²) in [5, 5.41) is 0.339. The summed E-state index contributed by atoms with van der Waals surface area (Å²) in [6, 6.07) is 5.27. The van der Waals surface area contributed by atoms with E-state index in [0.717, 1.165) is 6.07 Å². The normalized spacial score (nSPS) is 11.5. The van der Waals surface area contributed by atoms with Crippen LogP contribution in [0.15, 0.2) is 29.2 Å². The van der Waals surface area contributed by atoms with Crippen molar-refractivity contribution < 1.29 is 12.8 Å². The number of aryl methyl sites for hydroxylation is 2. The maximum absolute atomic E-state index is 13.1. The highest BCUT2D eigenvalue weighted by Gasteiger charge is 2.21. The van der Waals surface area contributed by atoms with Crippen LogP contribution in [0.1, 0.15) is 11.1 Å². The molecule has 0 aliphatic heterocycles. The lowest BCUT2D eigenvalue weighted by Crippen LogP contribution is -2.16. The van der Waals surface area contributed by atoms with Crippen molar-refractivity contribution in [2.45, 2.75) is 18.7 Å². The number of pyridine rings is 1. The SMILES string of the molecule is Cc1cc(S(=O)(=O)Nc2nc(F)ccc2C)c(Cl)cc1Cl. The van der Waals surface area contributed by atoms with E-state index >= 15 is 0 Å². The highest BCUT2D eigenvalue weighted by molar-refractivity contribution is 7.92. The molecule has 0 unspecified atom stereocenters. The fourth-order valence-electron chi connectivity index (χ4n) is 1.63. The van der Waals surface area contributed by atoms with Gasteiger partial charge in [-0.1, -0.05) is 29.3 Å². The van der Waals surface area contributed by atoms with Crippen LogP contribution in [-0.2, 0) is 10.0 Å². The Morgan fingerprint density at radius 2 is 1.76 bits per heavy atom. The second kappa shape index (κ2) is 5.79. The molecule has 0 aliphatic carbocycles. The van der Waals surface area contributed by atoms with E-state index in [-0.39, 0.29) is 15.7 Å². The van der Waals surface area contributed by atoms with E-state index in [0.29, 0.717) is 16.1 Å². The smallest absolute Gasteiger partial charge is 0.263 e. The van der Waals surface area contributed by atoms with Crippen LogP contribution in [0.5, 0.6) is 0 Å². The molecule has 0 bridgehead atoms. The van der Waals surface area contributed by atoms with Gasteiger partial charge in [-0.15, -0.1) is 0 Å². The topological polar surface area (TPSA) is 59.1 Å². The summed E-state index contributed by atoms with van der Waals surface area (Å²) in [6.45, 7) is 3.27. The zero-order chi connectivity index (χ0) is 15.8. The standard InChI is InChI=1S/C13H11Cl2FN2O2S/c1-7-3-4-12(16)17-13(7)18-21(19,20)11-5-8(2)9(14)6-10(11)15/h3-6H,1-2H3,(H,17,18). The molecule has 0 aliphatic rings. The molecule has 0 amide bonds. The lowest BCUT2D eigenvalue weighted by Gasteiger charge is -2.12. The van der Waals surface area contributed by atoms with E-state index in [4.69, 9.17) is 23.2 Å². The number of sulfonamides is 1. The number of aromatic nitrogens is 1. The Morgan fingerprint density at radius 3 is 2.43 bits per heavy atom. The third-order valence-corrected chi connectivity index (χ3v) is 5.01. The molecule has 4 nitrogen and oxygen atoms in total. The summed E-state index contributed by atoms with van der Waals surface area (Å²) in [5.41, 5.74) is 1.05. The first-order valence-corrected chi connectivity index (χ1v) is 8.06. The second-order valence-electron chi connectivity index (χ2n) is 4.44. The summed E-state index contributed by atoms with van der Waals surface area (Å²) in [7, 11) is -3.99. The first kappa shape index (κ1) is 16.0. The molecular formula is C13H11Cl2FN2O2S. The highest BCUT2D eigenvalue weighted by atomic mass is 35.5. The Labute approximate surface area is 132 Å². The molecule has 0 fully saturated rings. The van der Waals surface area contributed by atoms with Gasteiger partial charge in [0, 0.05) is 5.02 Å². The minimum absolute atomic E-state index is 0.0212. The summed E-state index contributed by atoms with van der Waals surface area (Å²) in [6.07, 6.45) is 0. The molecule has 1 aromatic carbocycles. The van der Waals surface area contributed by atoms with Crippen LogP contribution in [-0.4, -0.2) is 13.4 Å². The first-order valence-electron chi connectivity index (χ1n) is 5.82. The van der Waals surface area contributed by atoms with Crippen LogP contribution in [0.3, 0.4) is 0 Å². The summed E-state index contributed by atoms with van der Waals surface area (Å²) in [5.74, 6) is -0.865. The van der Waals surface area contributed by atoms with Crippen LogP contribution < -0.4 is 4.72 Å². The van der Waals surface area contributed by atoms with Crippen LogP contribution >= 0.6 is 23.2 Å². The van der Waals surface area contributed by atoms with E-state index in [9.17, 15) is 12.8 Å². The Kier molecular flexibility index (Phi) is 4.41. The van der Waals surface area contributed by atoms with Crippen LogP contribution in [0.4, 0.5) is 10.2 Å². The van der Waals surface area contributed by atoms with Gasteiger partial charge >= 0.3 is 0 Å². The van der Waals surface area contributed by atoms with Crippen molar-refractivity contribution in [1.82, 2.24) is 4.98 Å². The average molecular weight is 349 g/mol. The van der Waals surface area contributed by atoms with E-state index in [1.807, 2.05) is 0 Å². The number of halogens is 3. The summed E-state index contributed by atoms with van der Waals surface area (Å²) in [4.78, 5) is 3.38. The molecule has 0 atom stereocenters. The van der Waals surface area contributed by atoms with Crippen molar-refractivity contribution in [3.05, 3.63) is 51.4 Å². The quantitative estimate of drug-likeness (QED) is 0.854. The molecule has 0 saturated carbocycles. The highest BCUT2D eigenvalue weighted by Crippen LogP contribution is 2.29. The molecule has 1 heterocycles. The van der Waals surface area contributed by atoms with Crippen LogP contribution in [0.25, 0.3) is 0 Å². The molecule has 0 saturated heterocycles. The predicted molar refractivity (Wildman–Crippen MR) is 80.9 cm³/mol. The van der Waals surface area contributed by atoms with Gasteiger partial charge in [-0.3, -0.25) is 4.72 Å². The van der Waals surface area contributed by atoms with Gasteiger partial charge in [-0.25, -0.2) is 13.4 Å². The van der Waals surface area contributed by atoms with Gasteiger partial charge in [-0.2, -0.15) is 4.39 Å². The van der Waals surface area contributed by atoms with E-state index in [1.54, 1.807) is 13.8 Å². The number of hydrogen-bond donors (Lipinski definition) is 1. The van der Waals surface area contributed by atoms with E-state index in [1.165, 1.54) is 18.2 Å². The van der Waals surface area contributed by atoms with Crippen LogP contribution in [0, 0.1) is 19.8 Å². The zero-order valence-electron chi connectivity index (χ0n) is 11.1. The summed E-state index contributed by atoms with van der Waals surface area (Å²) >= 11 is 11.8. The van der Waals surface area contributed by atoms with E-state index in [2.05, 4.69) is 9.71 Å². The number of anilines is 1. The van der Waals surface area contributed by atoms with Gasteiger partial charge in [0.15, 0.2) is 0 Å². The Bertz CT molecular complexity index is 810. The summed E-state index contributed by atoms with van der Waals surface area (Å²) < 4.78 is 40.1. The number of benzene rings is 1. The van der Waals surface area contributed by atoms with Gasteiger partial charge in [0.05, 0.1) is 5.02 Å². The zero-order valence-corrected chi connectivity index (χ0v) is 13.4. The molecule has 112 valence electrons.